The van der Waals surface area contributed by atoms with Crippen molar-refractivity contribution in [2.45, 2.75) is 19.8 Å². The molecule has 0 radical (unpaired) electrons. The molecular weight excluding hydrogens is 376 g/mol. The minimum atomic E-state index is -0.375. The van der Waals surface area contributed by atoms with E-state index in [1.807, 2.05) is 18.2 Å². The van der Waals surface area contributed by atoms with Crippen molar-refractivity contribution in [1.29, 1.82) is 0 Å². The van der Waals surface area contributed by atoms with Crippen molar-refractivity contribution in [3.63, 3.8) is 0 Å². The number of hydrogen-bond acceptors (Lipinski definition) is 8. The second-order valence-electron chi connectivity index (χ2n) is 5.80. The number of aromatic nitrogens is 7. The monoisotopic (exact) mass is 392 g/mol. The largest absolute Gasteiger partial charge is 0.296 e. The van der Waals surface area contributed by atoms with E-state index in [0.717, 1.165) is 29.1 Å². The highest BCUT2D eigenvalue weighted by atomic mass is 32.1. The summed E-state index contributed by atoms with van der Waals surface area (Å²) in [6, 6.07) is 5.69. The standard InChI is InChI=1S/C18H16N8OS/c1-2-5-14-16(12-6-3-4-7-20-12)23-18(28-14)24-17(27)13-10-22-25-26(13)15-11-19-8-9-21-15/h3-4,6-11H,2,5H2,1H3,(H,23,24,27). The number of aryl methyl sites for hydroxylation is 1. The summed E-state index contributed by atoms with van der Waals surface area (Å²) in [5.74, 6) is 0.0326. The molecule has 0 aromatic carbocycles. The lowest BCUT2D eigenvalue weighted by molar-refractivity contribution is 0.101. The van der Waals surface area contributed by atoms with E-state index in [1.54, 1.807) is 12.4 Å². The third-order valence-corrected chi connectivity index (χ3v) is 4.88. The van der Waals surface area contributed by atoms with Crippen molar-refractivity contribution < 1.29 is 4.79 Å². The van der Waals surface area contributed by atoms with Gasteiger partial charge < -0.3 is 0 Å². The number of carbonyl (C=O) groups is 1. The molecule has 28 heavy (non-hydrogen) atoms. The Kier molecular flexibility index (Phi) is 5.11. The molecule has 4 heterocycles. The fourth-order valence-corrected chi connectivity index (χ4v) is 3.69. The van der Waals surface area contributed by atoms with Crippen molar-refractivity contribution in [3.05, 3.63) is 59.8 Å². The number of anilines is 1. The Morgan fingerprint density at radius 2 is 2.11 bits per heavy atom. The highest BCUT2D eigenvalue weighted by molar-refractivity contribution is 7.16. The number of nitrogens with one attached hydrogen (secondary N) is 1. The van der Waals surface area contributed by atoms with Crippen molar-refractivity contribution in [2.75, 3.05) is 5.32 Å². The number of nitrogens with zero attached hydrogens (tertiary/aromatic N) is 7. The van der Waals surface area contributed by atoms with Crippen LogP contribution in [-0.4, -0.2) is 40.8 Å². The Morgan fingerprint density at radius 1 is 1.18 bits per heavy atom. The molecule has 10 heteroatoms. The molecule has 4 aromatic heterocycles. The molecular formula is C18H16N8OS. The van der Waals surface area contributed by atoms with E-state index in [-0.39, 0.29) is 11.6 Å². The van der Waals surface area contributed by atoms with Crippen LogP contribution in [0.4, 0.5) is 5.13 Å². The first-order chi connectivity index (χ1) is 13.8. The summed E-state index contributed by atoms with van der Waals surface area (Å²) < 4.78 is 1.34. The molecule has 0 aliphatic heterocycles. The first-order valence-corrected chi connectivity index (χ1v) is 9.47. The number of thiazole rings is 1. The third-order valence-electron chi connectivity index (χ3n) is 3.85. The summed E-state index contributed by atoms with van der Waals surface area (Å²) in [7, 11) is 0. The molecule has 140 valence electrons. The van der Waals surface area contributed by atoms with Crippen LogP contribution in [0.25, 0.3) is 17.2 Å². The Bertz CT molecular complexity index is 1080. The summed E-state index contributed by atoms with van der Waals surface area (Å²) in [6.07, 6.45) is 9.52. The van der Waals surface area contributed by atoms with Crippen molar-refractivity contribution in [1.82, 2.24) is 34.9 Å². The number of carbonyl (C=O) groups excluding carboxylic acids is 1. The summed E-state index contributed by atoms with van der Waals surface area (Å²) in [5, 5.41) is 11.1. The molecule has 0 atom stereocenters. The van der Waals surface area contributed by atoms with Gasteiger partial charge >= 0.3 is 0 Å². The average Bonchev–Trinajstić information content (AvgIpc) is 3.37. The van der Waals surface area contributed by atoms with Gasteiger partial charge in [-0.05, 0) is 18.6 Å². The van der Waals surface area contributed by atoms with Gasteiger partial charge in [0.15, 0.2) is 16.6 Å². The van der Waals surface area contributed by atoms with Crippen molar-refractivity contribution in [3.8, 4) is 17.2 Å². The highest BCUT2D eigenvalue weighted by Crippen LogP contribution is 2.31. The molecule has 0 spiro atoms. The minimum absolute atomic E-state index is 0.243. The van der Waals surface area contributed by atoms with Crippen LogP contribution >= 0.6 is 11.3 Å². The summed E-state index contributed by atoms with van der Waals surface area (Å²) in [5.41, 5.74) is 1.82. The van der Waals surface area contributed by atoms with Crippen molar-refractivity contribution in [2.24, 2.45) is 0 Å². The van der Waals surface area contributed by atoms with Gasteiger partial charge in [0.05, 0.1) is 18.1 Å². The predicted molar refractivity (Wildman–Crippen MR) is 104 cm³/mol. The molecule has 0 saturated heterocycles. The van der Waals surface area contributed by atoms with Crippen LogP contribution in [0.5, 0.6) is 0 Å². The van der Waals surface area contributed by atoms with Gasteiger partial charge in [-0.3, -0.25) is 20.1 Å². The number of amides is 1. The van der Waals surface area contributed by atoms with Gasteiger partial charge in [0.25, 0.3) is 5.91 Å². The maximum atomic E-state index is 12.8. The number of hydrogen-bond donors (Lipinski definition) is 1. The van der Waals surface area contributed by atoms with E-state index in [4.69, 9.17) is 0 Å². The smallest absolute Gasteiger partial charge is 0.277 e. The molecule has 0 aliphatic carbocycles. The SMILES string of the molecule is CCCc1sc(NC(=O)c2cnnn2-c2cnccn2)nc1-c1ccccn1. The summed E-state index contributed by atoms with van der Waals surface area (Å²) >= 11 is 1.45. The normalized spacial score (nSPS) is 10.8. The van der Waals surface area contributed by atoms with Gasteiger partial charge in [0.1, 0.15) is 5.69 Å². The zero-order valence-corrected chi connectivity index (χ0v) is 15.8. The second-order valence-corrected chi connectivity index (χ2v) is 6.89. The molecule has 0 unspecified atom stereocenters. The fraction of sp³-hybridized carbons (Fsp3) is 0.167. The zero-order chi connectivity index (χ0) is 19.3. The molecule has 1 N–H and O–H groups in total. The van der Waals surface area contributed by atoms with Crippen LogP contribution in [0.2, 0.25) is 0 Å². The molecule has 0 saturated carbocycles. The molecule has 4 rings (SSSR count). The van der Waals surface area contributed by atoms with E-state index in [0.29, 0.717) is 10.9 Å². The van der Waals surface area contributed by atoms with Crippen molar-refractivity contribution >= 4 is 22.4 Å². The van der Waals surface area contributed by atoms with Crippen LogP contribution < -0.4 is 5.32 Å². The quantitative estimate of drug-likeness (QED) is 0.537. The maximum Gasteiger partial charge on any atom is 0.277 e. The maximum absolute atomic E-state index is 12.8. The Labute approximate surface area is 164 Å². The summed E-state index contributed by atoms with van der Waals surface area (Å²) in [4.78, 5) is 31.0. The summed E-state index contributed by atoms with van der Waals surface area (Å²) in [6.45, 7) is 2.10. The fourth-order valence-electron chi connectivity index (χ4n) is 2.63. The molecule has 1 amide bonds. The van der Waals surface area contributed by atoms with E-state index in [1.165, 1.54) is 34.6 Å². The Balaban J connectivity index is 1.62. The Hall–Kier alpha value is -3.53. The van der Waals surface area contributed by atoms with Gasteiger partial charge in [-0.15, -0.1) is 16.4 Å². The van der Waals surface area contributed by atoms with E-state index in [9.17, 15) is 4.79 Å². The molecule has 0 bridgehead atoms. The lowest BCUT2D eigenvalue weighted by atomic mass is 10.2. The van der Waals surface area contributed by atoms with Crippen LogP contribution in [0.3, 0.4) is 0 Å². The lowest BCUT2D eigenvalue weighted by Gasteiger charge is -2.04. The zero-order valence-electron chi connectivity index (χ0n) is 15.0. The third kappa shape index (κ3) is 3.62. The Morgan fingerprint density at radius 3 is 2.86 bits per heavy atom. The second kappa shape index (κ2) is 8.01. The van der Waals surface area contributed by atoms with Crippen LogP contribution in [-0.2, 0) is 6.42 Å². The average molecular weight is 392 g/mol. The van der Waals surface area contributed by atoms with Crippen LogP contribution in [0.15, 0.2) is 49.2 Å². The predicted octanol–water partition coefficient (Wildman–Crippen LogP) is 2.78. The van der Waals surface area contributed by atoms with Gasteiger partial charge in [-0.1, -0.05) is 24.6 Å². The van der Waals surface area contributed by atoms with E-state index < -0.39 is 0 Å². The molecule has 9 nitrogen and oxygen atoms in total. The topological polar surface area (TPSA) is 111 Å². The minimum Gasteiger partial charge on any atom is -0.296 e. The molecule has 0 aliphatic rings. The van der Waals surface area contributed by atoms with Crippen LogP contribution in [0, 0.1) is 0 Å². The van der Waals surface area contributed by atoms with Crippen LogP contribution in [0.1, 0.15) is 28.7 Å². The first-order valence-electron chi connectivity index (χ1n) is 8.66. The van der Waals surface area contributed by atoms with E-state index in [2.05, 4.69) is 42.5 Å². The number of rotatable bonds is 6. The van der Waals surface area contributed by atoms with Gasteiger partial charge in [0.2, 0.25) is 0 Å². The molecule has 4 aromatic rings. The molecule has 0 fully saturated rings. The van der Waals surface area contributed by atoms with Gasteiger partial charge in [-0.2, -0.15) is 4.68 Å². The van der Waals surface area contributed by atoms with Gasteiger partial charge in [0, 0.05) is 23.5 Å². The lowest BCUT2D eigenvalue weighted by Crippen LogP contribution is -2.17. The number of pyridine rings is 1. The highest BCUT2D eigenvalue weighted by Gasteiger charge is 2.19. The first kappa shape index (κ1) is 17.9. The van der Waals surface area contributed by atoms with Gasteiger partial charge in [-0.25, -0.2) is 9.97 Å². The van der Waals surface area contributed by atoms with E-state index >= 15 is 0 Å².